The van der Waals surface area contributed by atoms with E-state index < -0.39 is 11.4 Å². The Balaban J connectivity index is 1.85. The van der Waals surface area contributed by atoms with Crippen LogP contribution in [0.15, 0.2) is 18.2 Å². The molecule has 2 N–H and O–H groups in total. The van der Waals surface area contributed by atoms with Crippen molar-refractivity contribution in [1.82, 2.24) is 0 Å². The van der Waals surface area contributed by atoms with Crippen molar-refractivity contribution >= 4 is 5.97 Å². The molecule has 0 spiro atoms. The first-order valence-electron chi connectivity index (χ1n) is 9.13. The number of ether oxygens (including phenoxy) is 1. The Hall–Kier alpha value is -2.06. The molecule has 2 saturated carbocycles. The number of rotatable bonds is 5. The van der Waals surface area contributed by atoms with Gasteiger partial charge in [-0.25, -0.2) is 0 Å². The second-order valence-electron chi connectivity index (χ2n) is 7.31. The lowest BCUT2D eigenvalue weighted by molar-refractivity contribution is -0.143. The molecule has 5 heteroatoms. The number of hydrogen-bond acceptors (Lipinski definition) is 4. The van der Waals surface area contributed by atoms with Crippen LogP contribution in [0.5, 0.6) is 5.75 Å². The molecule has 2 aliphatic carbocycles. The van der Waals surface area contributed by atoms with E-state index in [1.54, 1.807) is 0 Å². The van der Waals surface area contributed by atoms with E-state index in [9.17, 15) is 20.3 Å². The van der Waals surface area contributed by atoms with Crippen LogP contribution in [0.4, 0.5) is 0 Å². The predicted molar refractivity (Wildman–Crippen MR) is 92.1 cm³/mol. The van der Waals surface area contributed by atoms with Crippen LogP contribution in [0.3, 0.4) is 0 Å². The lowest BCUT2D eigenvalue weighted by Crippen LogP contribution is -2.33. The van der Waals surface area contributed by atoms with Crippen molar-refractivity contribution in [2.75, 3.05) is 0 Å². The minimum Gasteiger partial charge on any atom is -0.490 e. The first-order valence-corrected chi connectivity index (χ1v) is 9.13. The summed E-state index contributed by atoms with van der Waals surface area (Å²) in [7, 11) is 0. The highest BCUT2D eigenvalue weighted by Crippen LogP contribution is 2.43. The van der Waals surface area contributed by atoms with Crippen molar-refractivity contribution in [1.29, 1.82) is 5.26 Å². The zero-order valence-electron chi connectivity index (χ0n) is 14.4. The van der Waals surface area contributed by atoms with Crippen LogP contribution in [0.25, 0.3) is 0 Å². The number of carboxylic acid groups (broad SMARTS) is 1. The molecular weight excluding hydrogens is 318 g/mol. The van der Waals surface area contributed by atoms with Gasteiger partial charge in [0.15, 0.2) is 0 Å². The van der Waals surface area contributed by atoms with Gasteiger partial charge in [-0.1, -0.05) is 12.1 Å². The van der Waals surface area contributed by atoms with E-state index in [0.29, 0.717) is 31.4 Å². The third-order valence-electron chi connectivity index (χ3n) is 5.79. The predicted octanol–water partition coefficient (Wildman–Crippen LogP) is 3.54. The SMILES string of the molecule is N#C[C@]1(c2ccc(CO)c(OC3CCCC3)c2)CC[C@H](C(=O)O)CC1. The van der Waals surface area contributed by atoms with Gasteiger partial charge in [0.1, 0.15) is 5.75 Å². The van der Waals surface area contributed by atoms with E-state index in [4.69, 9.17) is 4.74 Å². The molecule has 2 aliphatic rings. The topological polar surface area (TPSA) is 90.5 Å². The fraction of sp³-hybridized carbons (Fsp3) is 0.600. The molecular formula is C20H25NO4. The number of carboxylic acids is 1. The maximum absolute atomic E-state index is 11.2. The number of nitriles is 1. The van der Waals surface area contributed by atoms with Gasteiger partial charge < -0.3 is 14.9 Å². The van der Waals surface area contributed by atoms with Crippen LogP contribution in [0.2, 0.25) is 0 Å². The van der Waals surface area contributed by atoms with E-state index in [2.05, 4.69) is 6.07 Å². The standard InChI is InChI=1S/C20H25NO4/c21-13-20(9-7-14(8-10-20)19(23)24)16-6-5-15(12-22)18(11-16)25-17-3-1-2-4-17/h5-6,11,14,17,22H,1-4,7-10,12H2,(H,23,24)/t14-,20-. The number of nitrogens with zero attached hydrogens (tertiary/aromatic N) is 1. The minimum atomic E-state index is -0.771. The van der Waals surface area contributed by atoms with Gasteiger partial charge in [0.05, 0.1) is 30.1 Å². The van der Waals surface area contributed by atoms with Gasteiger partial charge in [-0.15, -0.1) is 0 Å². The van der Waals surface area contributed by atoms with Crippen LogP contribution < -0.4 is 4.74 Å². The molecule has 0 atom stereocenters. The van der Waals surface area contributed by atoms with Crippen molar-refractivity contribution in [2.24, 2.45) is 5.92 Å². The fourth-order valence-corrected chi connectivity index (χ4v) is 4.10. The summed E-state index contributed by atoms with van der Waals surface area (Å²) >= 11 is 0. The van der Waals surface area contributed by atoms with E-state index in [0.717, 1.165) is 36.8 Å². The Kier molecular flexibility index (Phi) is 5.29. The van der Waals surface area contributed by atoms with E-state index >= 15 is 0 Å². The average molecular weight is 343 g/mol. The number of carbonyl (C=O) groups is 1. The van der Waals surface area contributed by atoms with Crippen molar-refractivity contribution in [3.63, 3.8) is 0 Å². The number of hydrogen-bond donors (Lipinski definition) is 2. The molecule has 1 aromatic rings. The number of aliphatic hydroxyl groups excluding tert-OH is 1. The fourth-order valence-electron chi connectivity index (χ4n) is 4.10. The summed E-state index contributed by atoms with van der Waals surface area (Å²) in [6.07, 6.45) is 6.68. The Labute approximate surface area is 148 Å². The zero-order valence-corrected chi connectivity index (χ0v) is 14.4. The molecule has 3 rings (SSSR count). The van der Waals surface area contributed by atoms with Crippen molar-refractivity contribution in [2.45, 2.75) is 69.5 Å². The van der Waals surface area contributed by atoms with Gasteiger partial charge in [0, 0.05) is 5.56 Å². The average Bonchev–Trinajstić information content (AvgIpc) is 3.14. The van der Waals surface area contributed by atoms with Gasteiger partial charge in [-0.2, -0.15) is 5.26 Å². The highest BCUT2D eigenvalue weighted by Gasteiger charge is 2.39. The molecule has 0 bridgehead atoms. The summed E-state index contributed by atoms with van der Waals surface area (Å²) in [5, 5.41) is 28.6. The third-order valence-corrected chi connectivity index (χ3v) is 5.79. The molecule has 134 valence electrons. The summed E-state index contributed by atoms with van der Waals surface area (Å²) in [5.41, 5.74) is 0.959. The molecule has 0 radical (unpaired) electrons. The maximum Gasteiger partial charge on any atom is 0.306 e. The zero-order chi connectivity index (χ0) is 17.9. The molecule has 0 heterocycles. The summed E-state index contributed by atoms with van der Waals surface area (Å²) in [6, 6.07) is 8.06. The molecule has 1 aromatic carbocycles. The molecule has 0 amide bonds. The molecule has 25 heavy (non-hydrogen) atoms. The second-order valence-corrected chi connectivity index (χ2v) is 7.31. The normalized spacial score (nSPS) is 27.0. The number of aliphatic carboxylic acids is 1. The molecule has 2 fully saturated rings. The second kappa shape index (κ2) is 7.45. The van der Waals surface area contributed by atoms with Crippen LogP contribution in [0, 0.1) is 17.2 Å². The Morgan fingerprint density at radius 2 is 1.92 bits per heavy atom. The molecule has 0 unspecified atom stereocenters. The van der Waals surface area contributed by atoms with Gasteiger partial charge >= 0.3 is 5.97 Å². The van der Waals surface area contributed by atoms with E-state index in [1.165, 1.54) is 0 Å². The van der Waals surface area contributed by atoms with Crippen molar-refractivity contribution < 1.29 is 19.7 Å². The first-order chi connectivity index (χ1) is 12.1. The van der Waals surface area contributed by atoms with Crippen molar-refractivity contribution in [3.05, 3.63) is 29.3 Å². The van der Waals surface area contributed by atoms with Crippen molar-refractivity contribution in [3.8, 4) is 11.8 Å². The molecule has 5 nitrogen and oxygen atoms in total. The summed E-state index contributed by atoms with van der Waals surface area (Å²) in [4.78, 5) is 11.2. The summed E-state index contributed by atoms with van der Waals surface area (Å²) < 4.78 is 6.11. The van der Waals surface area contributed by atoms with Gasteiger partial charge in [0.25, 0.3) is 0 Å². The Morgan fingerprint density at radius 1 is 1.24 bits per heavy atom. The van der Waals surface area contributed by atoms with E-state index in [1.807, 2.05) is 18.2 Å². The summed E-state index contributed by atoms with van der Waals surface area (Å²) in [6.45, 7) is -0.0943. The number of aliphatic hydroxyl groups is 1. The smallest absolute Gasteiger partial charge is 0.306 e. The van der Waals surface area contributed by atoms with Crippen LogP contribution in [-0.4, -0.2) is 22.3 Å². The highest BCUT2D eigenvalue weighted by molar-refractivity contribution is 5.70. The van der Waals surface area contributed by atoms with Gasteiger partial charge in [-0.05, 0) is 63.0 Å². The monoisotopic (exact) mass is 343 g/mol. The van der Waals surface area contributed by atoms with Gasteiger partial charge in [-0.3, -0.25) is 4.79 Å². The Morgan fingerprint density at radius 3 is 2.48 bits per heavy atom. The first kappa shape index (κ1) is 17.8. The van der Waals surface area contributed by atoms with E-state index in [-0.39, 0.29) is 18.6 Å². The van der Waals surface area contributed by atoms with Gasteiger partial charge in [0.2, 0.25) is 0 Å². The molecule has 0 saturated heterocycles. The van der Waals surface area contributed by atoms with Crippen LogP contribution in [0.1, 0.15) is 62.5 Å². The Bertz CT molecular complexity index is 665. The van der Waals surface area contributed by atoms with Crippen LogP contribution >= 0.6 is 0 Å². The largest absolute Gasteiger partial charge is 0.490 e. The lowest BCUT2D eigenvalue weighted by Gasteiger charge is -2.34. The minimum absolute atomic E-state index is 0.0943. The highest BCUT2D eigenvalue weighted by atomic mass is 16.5. The number of benzene rings is 1. The molecule has 0 aliphatic heterocycles. The quantitative estimate of drug-likeness (QED) is 0.853. The van der Waals surface area contributed by atoms with Crippen LogP contribution in [-0.2, 0) is 16.8 Å². The summed E-state index contributed by atoms with van der Waals surface area (Å²) in [5.74, 6) is -0.457. The lowest BCUT2D eigenvalue weighted by atomic mass is 9.67. The molecule has 0 aromatic heterocycles. The third kappa shape index (κ3) is 3.64. The maximum atomic E-state index is 11.2.